The molecule has 0 amide bonds. The molecule has 8 unspecified atom stereocenters. The van der Waals surface area contributed by atoms with Gasteiger partial charge in [0.1, 0.15) is 0 Å². The van der Waals surface area contributed by atoms with E-state index in [1.54, 1.807) is 0 Å². The highest BCUT2D eigenvalue weighted by molar-refractivity contribution is 5.25. The van der Waals surface area contributed by atoms with E-state index in [2.05, 4.69) is 97.1 Å². The van der Waals surface area contributed by atoms with Crippen LogP contribution in [0.2, 0.25) is 0 Å². The highest BCUT2D eigenvalue weighted by Gasteiger charge is 2.53. The van der Waals surface area contributed by atoms with E-state index in [1.807, 2.05) is 0 Å². The molecule has 0 N–H and O–H groups in total. The third kappa shape index (κ3) is 4.25. The van der Waals surface area contributed by atoms with Gasteiger partial charge in [-0.05, 0) is 83.4 Å². The number of rotatable bonds is 8. The average molecular weight is 435 g/mol. The van der Waals surface area contributed by atoms with Gasteiger partial charge in [0.15, 0.2) is 0 Å². The van der Waals surface area contributed by atoms with E-state index >= 15 is 0 Å². The predicted molar refractivity (Wildman–Crippen MR) is 140 cm³/mol. The van der Waals surface area contributed by atoms with Crippen molar-refractivity contribution in [2.75, 3.05) is 0 Å². The number of allylic oxidation sites excluding steroid dienone is 8. The lowest BCUT2D eigenvalue weighted by molar-refractivity contribution is 0.0351. The molecule has 0 nitrogen and oxygen atoms in total. The van der Waals surface area contributed by atoms with Gasteiger partial charge in [0, 0.05) is 0 Å². The van der Waals surface area contributed by atoms with Crippen LogP contribution in [0.3, 0.4) is 0 Å². The Morgan fingerprint density at radius 1 is 0.844 bits per heavy atom. The minimum atomic E-state index is 0.337. The molecular weight excluding hydrogens is 384 g/mol. The summed E-state index contributed by atoms with van der Waals surface area (Å²) in [4.78, 5) is 0. The van der Waals surface area contributed by atoms with Gasteiger partial charge >= 0.3 is 0 Å². The van der Waals surface area contributed by atoms with E-state index in [4.69, 9.17) is 0 Å². The summed E-state index contributed by atoms with van der Waals surface area (Å²) in [6.07, 6.45) is 29.0. The lowest BCUT2D eigenvalue weighted by Gasteiger charge is -2.49. The quantitative estimate of drug-likeness (QED) is 0.357. The van der Waals surface area contributed by atoms with Crippen LogP contribution < -0.4 is 0 Å². The van der Waals surface area contributed by atoms with E-state index in [-0.39, 0.29) is 0 Å². The minimum Gasteiger partial charge on any atom is -0.0808 e. The summed E-state index contributed by atoms with van der Waals surface area (Å²) in [6.45, 7) is 17.7. The van der Waals surface area contributed by atoms with Crippen molar-refractivity contribution in [1.29, 1.82) is 0 Å². The Balaban J connectivity index is 1.38. The average Bonchev–Trinajstić information content (AvgIpc) is 3.22. The first kappa shape index (κ1) is 24.1. The Kier molecular flexibility index (Phi) is 6.75. The van der Waals surface area contributed by atoms with E-state index in [1.165, 1.54) is 44.9 Å². The van der Waals surface area contributed by atoms with Crippen LogP contribution in [0.25, 0.3) is 0 Å². The molecule has 8 atom stereocenters. The van der Waals surface area contributed by atoms with E-state index in [0.717, 1.165) is 41.4 Å². The maximum Gasteiger partial charge on any atom is -0.00416 e. The minimum absolute atomic E-state index is 0.337. The van der Waals surface area contributed by atoms with Gasteiger partial charge in [0.05, 0.1) is 0 Å². The van der Waals surface area contributed by atoms with Crippen LogP contribution in [0.4, 0.5) is 0 Å². The molecule has 0 saturated heterocycles. The van der Waals surface area contributed by atoms with Crippen molar-refractivity contribution >= 4 is 0 Å². The Hall–Kier alpha value is -1.04. The number of fused-ring (bicyclic) bond motifs is 2. The molecule has 0 spiro atoms. The van der Waals surface area contributed by atoms with Gasteiger partial charge < -0.3 is 0 Å². The Labute approximate surface area is 199 Å². The molecular formula is C32H50. The monoisotopic (exact) mass is 434 g/mol. The third-order valence-electron chi connectivity index (χ3n) is 11.2. The van der Waals surface area contributed by atoms with Gasteiger partial charge in [-0.1, -0.05) is 116 Å². The summed E-state index contributed by atoms with van der Waals surface area (Å²) in [7, 11) is 0. The van der Waals surface area contributed by atoms with Crippen molar-refractivity contribution in [3.8, 4) is 0 Å². The van der Waals surface area contributed by atoms with Gasteiger partial charge in [0.25, 0.3) is 0 Å². The Bertz CT molecular complexity index is 774. The van der Waals surface area contributed by atoms with E-state index in [0.29, 0.717) is 16.2 Å². The molecule has 4 rings (SSSR count). The van der Waals surface area contributed by atoms with Crippen LogP contribution >= 0.6 is 0 Å². The van der Waals surface area contributed by atoms with Crippen molar-refractivity contribution < 1.29 is 0 Å². The van der Waals surface area contributed by atoms with Crippen molar-refractivity contribution in [3.63, 3.8) is 0 Å². The molecule has 0 aromatic heterocycles. The number of hydrogen-bond acceptors (Lipinski definition) is 0. The first-order valence-corrected chi connectivity index (χ1v) is 13.8. The molecule has 32 heavy (non-hydrogen) atoms. The summed E-state index contributed by atoms with van der Waals surface area (Å²) in [5.41, 5.74) is 1.08. The molecule has 0 aromatic carbocycles. The molecule has 4 aliphatic carbocycles. The molecule has 0 bridgehead atoms. The van der Waals surface area contributed by atoms with Crippen molar-refractivity contribution in [2.45, 2.75) is 93.4 Å². The Morgan fingerprint density at radius 2 is 1.56 bits per heavy atom. The summed E-state index contributed by atoms with van der Waals surface area (Å²) in [5, 5.41) is 0. The Morgan fingerprint density at radius 3 is 2.28 bits per heavy atom. The van der Waals surface area contributed by atoms with Crippen LogP contribution in [-0.4, -0.2) is 0 Å². The van der Waals surface area contributed by atoms with Gasteiger partial charge in [0.2, 0.25) is 0 Å². The molecule has 0 aliphatic heterocycles. The highest BCUT2D eigenvalue weighted by Crippen LogP contribution is 2.61. The fourth-order valence-electron chi connectivity index (χ4n) is 8.31. The first-order chi connectivity index (χ1) is 15.1. The predicted octanol–water partition coefficient (Wildman–Crippen LogP) is 9.41. The fourth-order valence-corrected chi connectivity index (χ4v) is 8.31. The smallest absolute Gasteiger partial charge is 0.00416 e. The largest absolute Gasteiger partial charge is 0.0808 e. The zero-order valence-corrected chi connectivity index (χ0v) is 22.1. The second kappa shape index (κ2) is 8.96. The van der Waals surface area contributed by atoms with Crippen LogP contribution in [0.15, 0.2) is 48.6 Å². The normalized spacial score (nSPS) is 40.7. The van der Waals surface area contributed by atoms with Crippen LogP contribution in [0, 0.1) is 57.7 Å². The van der Waals surface area contributed by atoms with Gasteiger partial charge in [-0.25, -0.2) is 0 Å². The molecule has 0 heterocycles. The maximum atomic E-state index is 2.62. The SMILES string of the molecule is CCC1CC2(CC(C)(C)C(C)(C)CCCC3CC4C=CC=CC4C3C)C=CC=CC2C1C. The van der Waals surface area contributed by atoms with E-state index < -0.39 is 0 Å². The lowest BCUT2D eigenvalue weighted by Crippen LogP contribution is -2.40. The van der Waals surface area contributed by atoms with Gasteiger partial charge in [-0.2, -0.15) is 0 Å². The molecule has 4 aliphatic rings. The maximum absolute atomic E-state index is 2.62. The lowest BCUT2D eigenvalue weighted by atomic mass is 9.56. The van der Waals surface area contributed by atoms with Crippen LogP contribution in [0.5, 0.6) is 0 Å². The van der Waals surface area contributed by atoms with Crippen molar-refractivity contribution in [1.82, 2.24) is 0 Å². The molecule has 2 saturated carbocycles. The zero-order chi connectivity index (χ0) is 23.1. The third-order valence-corrected chi connectivity index (χ3v) is 11.2. The van der Waals surface area contributed by atoms with Gasteiger partial charge in [-0.3, -0.25) is 0 Å². The van der Waals surface area contributed by atoms with Crippen molar-refractivity contribution in [2.24, 2.45) is 57.7 Å². The summed E-state index contributed by atoms with van der Waals surface area (Å²) in [5.74, 6) is 5.79. The molecule has 0 radical (unpaired) electrons. The first-order valence-electron chi connectivity index (χ1n) is 13.8. The summed E-state index contributed by atoms with van der Waals surface area (Å²) < 4.78 is 0. The standard InChI is InChI=1S/C32H50/c1-8-25-21-32(19-12-11-17-29(32)24(25)3)22-31(6,7)30(4,5)18-13-15-26-20-27-14-9-10-16-28(27)23(26)2/h9-12,14,16-17,19,23-29H,8,13,15,18,20-22H2,1-7H3. The molecule has 0 heteroatoms. The second-order valence-corrected chi connectivity index (χ2v) is 13.4. The topological polar surface area (TPSA) is 0 Å². The van der Waals surface area contributed by atoms with E-state index in [9.17, 15) is 0 Å². The highest BCUT2D eigenvalue weighted by atomic mass is 14.6. The summed E-state index contributed by atoms with van der Waals surface area (Å²) >= 11 is 0. The molecule has 178 valence electrons. The van der Waals surface area contributed by atoms with Crippen LogP contribution in [0.1, 0.15) is 93.4 Å². The van der Waals surface area contributed by atoms with Crippen molar-refractivity contribution in [3.05, 3.63) is 48.6 Å². The number of hydrogen-bond donors (Lipinski definition) is 0. The zero-order valence-electron chi connectivity index (χ0n) is 22.1. The summed E-state index contributed by atoms with van der Waals surface area (Å²) in [6, 6.07) is 0. The van der Waals surface area contributed by atoms with Gasteiger partial charge in [-0.15, -0.1) is 0 Å². The molecule has 0 aromatic rings. The second-order valence-electron chi connectivity index (χ2n) is 13.4. The van der Waals surface area contributed by atoms with Crippen LogP contribution in [-0.2, 0) is 0 Å². The fraction of sp³-hybridized carbons (Fsp3) is 0.750. The molecule has 2 fully saturated rings.